The van der Waals surface area contributed by atoms with Crippen molar-refractivity contribution in [1.29, 1.82) is 0 Å². The second kappa shape index (κ2) is 9.18. The molecule has 0 N–H and O–H groups in total. The van der Waals surface area contributed by atoms with Gasteiger partial charge in [0.2, 0.25) is 0 Å². The standard InChI is InChI=1S/C20H21NO7/c1-2-26-18-6-4-3-5-14(18)7-8-19(22)27-12-16-10-17(21(23)24)9-15-11-25-13-28-20(15)16/h3-6,9-10H,2,7-8,11-13H2,1H3. The number of nitro groups is 1. The molecule has 0 spiro atoms. The van der Waals surface area contributed by atoms with Gasteiger partial charge in [-0.1, -0.05) is 18.2 Å². The van der Waals surface area contributed by atoms with E-state index in [1.165, 1.54) is 12.1 Å². The Morgan fingerprint density at radius 2 is 2.07 bits per heavy atom. The molecule has 2 aromatic rings. The van der Waals surface area contributed by atoms with Crippen LogP contribution in [0, 0.1) is 10.1 Å². The summed E-state index contributed by atoms with van der Waals surface area (Å²) in [5.41, 5.74) is 1.85. The number of rotatable bonds is 8. The minimum atomic E-state index is -0.495. The Morgan fingerprint density at radius 3 is 2.86 bits per heavy atom. The fourth-order valence-electron chi connectivity index (χ4n) is 2.97. The first-order valence-corrected chi connectivity index (χ1v) is 8.95. The van der Waals surface area contributed by atoms with E-state index < -0.39 is 10.9 Å². The lowest BCUT2D eigenvalue weighted by atomic mass is 10.1. The molecule has 0 aliphatic carbocycles. The fourth-order valence-corrected chi connectivity index (χ4v) is 2.97. The van der Waals surface area contributed by atoms with Crippen molar-refractivity contribution in [2.45, 2.75) is 33.0 Å². The molecule has 8 heteroatoms. The summed E-state index contributed by atoms with van der Waals surface area (Å²) < 4.78 is 21.5. The van der Waals surface area contributed by atoms with E-state index in [0.717, 1.165) is 11.3 Å². The lowest BCUT2D eigenvalue weighted by Gasteiger charge is -2.20. The summed E-state index contributed by atoms with van der Waals surface area (Å²) in [6.07, 6.45) is 0.650. The summed E-state index contributed by atoms with van der Waals surface area (Å²) in [5, 5.41) is 11.1. The molecule has 1 aliphatic heterocycles. The second-order valence-electron chi connectivity index (χ2n) is 6.16. The Hall–Kier alpha value is -3.13. The van der Waals surface area contributed by atoms with Crippen molar-refractivity contribution in [1.82, 2.24) is 0 Å². The molecule has 0 fully saturated rings. The molecular weight excluding hydrogens is 366 g/mol. The topological polar surface area (TPSA) is 97.1 Å². The van der Waals surface area contributed by atoms with Gasteiger partial charge in [-0.05, 0) is 25.0 Å². The Bertz CT molecular complexity index is 866. The van der Waals surface area contributed by atoms with Gasteiger partial charge in [0.25, 0.3) is 5.69 Å². The zero-order valence-corrected chi connectivity index (χ0v) is 15.5. The van der Waals surface area contributed by atoms with Crippen molar-refractivity contribution in [3.8, 4) is 11.5 Å². The van der Waals surface area contributed by atoms with E-state index in [1.54, 1.807) is 0 Å². The van der Waals surface area contributed by atoms with Gasteiger partial charge >= 0.3 is 5.97 Å². The number of carbonyl (C=O) groups excluding carboxylic acids is 1. The number of para-hydroxylation sites is 1. The number of hydrogen-bond donors (Lipinski definition) is 0. The third kappa shape index (κ3) is 4.77. The van der Waals surface area contributed by atoms with Crippen LogP contribution in [0.4, 0.5) is 5.69 Å². The number of esters is 1. The van der Waals surface area contributed by atoms with E-state index in [0.29, 0.717) is 29.9 Å². The van der Waals surface area contributed by atoms with Crippen LogP contribution in [-0.4, -0.2) is 24.3 Å². The average Bonchev–Trinajstić information content (AvgIpc) is 2.71. The van der Waals surface area contributed by atoms with Crippen LogP contribution in [0.2, 0.25) is 0 Å². The highest BCUT2D eigenvalue weighted by Gasteiger charge is 2.21. The van der Waals surface area contributed by atoms with Gasteiger partial charge in [0, 0.05) is 29.7 Å². The van der Waals surface area contributed by atoms with Gasteiger partial charge in [-0.15, -0.1) is 0 Å². The minimum absolute atomic E-state index is 0.0555. The monoisotopic (exact) mass is 387 g/mol. The van der Waals surface area contributed by atoms with E-state index in [2.05, 4.69) is 0 Å². The lowest BCUT2D eigenvalue weighted by molar-refractivity contribution is -0.385. The predicted molar refractivity (Wildman–Crippen MR) is 99.1 cm³/mol. The molecule has 148 valence electrons. The Labute approximate surface area is 162 Å². The first-order chi connectivity index (χ1) is 13.6. The Balaban J connectivity index is 1.63. The van der Waals surface area contributed by atoms with Gasteiger partial charge in [0.1, 0.15) is 18.1 Å². The summed E-state index contributed by atoms with van der Waals surface area (Å²) in [7, 11) is 0. The van der Waals surface area contributed by atoms with Crippen LogP contribution >= 0.6 is 0 Å². The number of carbonyl (C=O) groups is 1. The van der Waals surface area contributed by atoms with E-state index >= 15 is 0 Å². The van der Waals surface area contributed by atoms with Gasteiger partial charge in [0.15, 0.2) is 6.79 Å². The molecule has 3 rings (SSSR count). The zero-order chi connectivity index (χ0) is 19.9. The average molecular weight is 387 g/mol. The van der Waals surface area contributed by atoms with Crippen molar-refractivity contribution in [3.05, 3.63) is 63.2 Å². The number of fused-ring (bicyclic) bond motifs is 1. The van der Waals surface area contributed by atoms with Crippen LogP contribution < -0.4 is 9.47 Å². The molecular formula is C20H21NO7. The van der Waals surface area contributed by atoms with E-state index in [-0.39, 0.29) is 32.1 Å². The molecule has 8 nitrogen and oxygen atoms in total. The molecule has 0 saturated carbocycles. The van der Waals surface area contributed by atoms with Gasteiger partial charge in [0.05, 0.1) is 18.1 Å². The second-order valence-corrected chi connectivity index (χ2v) is 6.16. The first kappa shape index (κ1) is 19.6. The van der Waals surface area contributed by atoms with Crippen LogP contribution in [0.5, 0.6) is 11.5 Å². The number of aryl methyl sites for hydroxylation is 1. The van der Waals surface area contributed by atoms with Crippen LogP contribution in [0.3, 0.4) is 0 Å². The zero-order valence-electron chi connectivity index (χ0n) is 15.5. The summed E-state index contributed by atoms with van der Waals surface area (Å²) in [6, 6.07) is 10.3. The maximum Gasteiger partial charge on any atom is 0.306 e. The molecule has 0 atom stereocenters. The van der Waals surface area contributed by atoms with Crippen molar-refractivity contribution in [2.75, 3.05) is 13.4 Å². The normalized spacial score (nSPS) is 12.6. The number of hydrogen-bond acceptors (Lipinski definition) is 7. The van der Waals surface area contributed by atoms with Gasteiger partial charge in [-0.2, -0.15) is 0 Å². The van der Waals surface area contributed by atoms with E-state index in [9.17, 15) is 14.9 Å². The minimum Gasteiger partial charge on any atom is -0.494 e. The highest BCUT2D eigenvalue weighted by Crippen LogP contribution is 2.33. The fraction of sp³-hybridized carbons (Fsp3) is 0.350. The smallest absolute Gasteiger partial charge is 0.306 e. The molecule has 0 unspecified atom stereocenters. The van der Waals surface area contributed by atoms with E-state index in [1.807, 2.05) is 31.2 Å². The summed E-state index contributed by atoms with van der Waals surface area (Å²) in [5.74, 6) is 0.823. The summed E-state index contributed by atoms with van der Waals surface area (Å²) in [6.45, 7) is 2.61. The quantitative estimate of drug-likeness (QED) is 0.388. The van der Waals surface area contributed by atoms with Crippen LogP contribution in [0.15, 0.2) is 36.4 Å². The number of nitro benzene ring substituents is 1. The van der Waals surface area contributed by atoms with Crippen LogP contribution in [0.1, 0.15) is 30.0 Å². The Morgan fingerprint density at radius 1 is 1.25 bits per heavy atom. The molecule has 2 aromatic carbocycles. The van der Waals surface area contributed by atoms with Gasteiger partial charge in [-0.3, -0.25) is 14.9 Å². The maximum absolute atomic E-state index is 12.2. The van der Waals surface area contributed by atoms with Crippen molar-refractivity contribution in [2.24, 2.45) is 0 Å². The molecule has 0 bridgehead atoms. The van der Waals surface area contributed by atoms with Gasteiger partial charge < -0.3 is 18.9 Å². The van der Waals surface area contributed by atoms with Crippen molar-refractivity contribution in [3.63, 3.8) is 0 Å². The number of non-ortho nitro benzene ring substituents is 1. The number of nitrogens with zero attached hydrogens (tertiary/aromatic N) is 1. The molecule has 28 heavy (non-hydrogen) atoms. The maximum atomic E-state index is 12.2. The number of ether oxygens (including phenoxy) is 4. The Kier molecular flexibility index (Phi) is 6.44. The molecule has 0 radical (unpaired) electrons. The van der Waals surface area contributed by atoms with Crippen molar-refractivity contribution < 1.29 is 28.7 Å². The van der Waals surface area contributed by atoms with E-state index in [4.69, 9.17) is 18.9 Å². The first-order valence-electron chi connectivity index (χ1n) is 8.95. The summed E-state index contributed by atoms with van der Waals surface area (Å²) >= 11 is 0. The molecule has 0 amide bonds. The van der Waals surface area contributed by atoms with Crippen LogP contribution in [-0.2, 0) is 33.9 Å². The lowest BCUT2D eigenvalue weighted by Crippen LogP contribution is -2.15. The summed E-state index contributed by atoms with van der Waals surface area (Å²) in [4.78, 5) is 22.8. The van der Waals surface area contributed by atoms with Crippen LogP contribution in [0.25, 0.3) is 0 Å². The molecule has 0 aromatic heterocycles. The number of benzene rings is 2. The largest absolute Gasteiger partial charge is 0.494 e. The highest BCUT2D eigenvalue weighted by atomic mass is 16.7. The molecule has 1 aliphatic rings. The third-order valence-electron chi connectivity index (χ3n) is 4.24. The van der Waals surface area contributed by atoms with Gasteiger partial charge in [-0.25, -0.2) is 0 Å². The predicted octanol–water partition coefficient (Wildman–Crippen LogP) is 3.54. The molecule has 0 saturated heterocycles. The molecule has 1 heterocycles. The highest BCUT2D eigenvalue weighted by molar-refractivity contribution is 5.70. The van der Waals surface area contributed by atoms with Crippen molar-refractivity contribution >= 4 is 11.7 Å². The SMILES string of the molecule is CCOc1ccccc1CCC(=O)OCc1cc([N+](=O)[O-])cc2c1OCOC2. The third-order valence-corrected chi connectivity index (χ3v) is 4.24.